The SMILES string of the molecule is COc1ccccc1C(=O)OCC(=O)NCCSc1ccccc1. The van der Waals surface area contributed by atoms with Crippen molar-refractivity contribution in [2.24, 2.45) is 0 Å². The third kappa shape index (κ3) is 5.62. The largest absolute Gasteiger partial charge is 0.496 e. The Labute approximate surface area is 145 Å². The molecule has 2 aromatic carbocycles. The van der Waals surface area contributed by atoms with Crippen LogP contribution in [0.2, 0.25) is 0 Å². The van der Waals surface area contributed by atoms with Crippen molar-refractivity contribution in [1.82, 2.24) is 5.32 Å². The second-order valence-corrected chi connectivity index (χ2v) is 5.96. The van der Waals surface area contributed by atoms with Crippen LogP contribution in [0.1, 0.15) is 10.4 Å². The summed E-state index contributed by atoms with van der Waals surface area (Å²) in [6, 6.07) is 16.7. The number of carbonyl (C=O) groups is 2. The number of rotatable bonds is 8. The van der Waals surface area contributed by atoms with Gasteiger partial charge in [0, 0.05) is 17.2 Å². The maximum atomic E-state index is 12.0. The van der Waals surface area contributed by atoms with Crippen molar-refractivity contribution >= 4 is 23.6 Å². The summed E-state index contributed by atoms with van der Waals surface area (Å²) in [5, 5.41) is 2.72. The Bertz CT molecular complexity index is 676. The fourth-order valence-corrected chi connectivity index (χ4v) is 2.74. The van der Waals surface area contributed by atoms with Gasteiger partial charge in [-0.1, -0.05) is 30.3 Å². The van der Waals surface area contributed by atoms with E-state index in [1.807, 2.05) is 30.3 Å². The number of amides is 1. The molecule has 6 heteroatoms. The fourth-order valence-electron chi connectivity index (χ4n) is 1.95. The van der Waals surface area contributed by atoms with Crippen LogP contribution in [0, 0.1) is 0 Å². The van der Waals surface area contributed by atoms with Gasteiger partial charge in [-0.15, -0.1) is 11.8 Å². The predicted molar refractivity (Wildman–Crippen MR) is 93.5 cm³/mol. The average Bonchev–Trinajstić information content (AvgIpc) is 2.64. The van der Waals surface area contributed by atoms with Gasteiger partial charge in [0.05, 0.1) is 7.11 Å². The maximum absolute atomic E-state index is 12.0. The van der Waals surface area contributed by atoms with Crippen LogP contribution in [-0.4, -0.2) is 37.9 Å². The summed E-state index contributed by atoms with van der Waals surface area (Å²) in [6.45, 7) is 0.192. The molecule has 1 amide bonds. The highest BCUT2D eigenvalue weighted by molar-refractivity contribution is 7.99. The number of benzene rings is 2. The zero-order valence-corrected chi connectivity index (χ0v) is 14.2. The van der Waals surface area contributed by atoms with Gasteiger partial charge in [0.2, 0.25) is 0 Å². The molecule has 0 saturated heterocycles. The van der Waals surface area contributed by atoms with Crippen molar-refractivity contribution in [3.63, 3.8) is 0 Å². The van der Waals surface area contributed by atoms with Gasteiger partial charge in [-0.05, 0) is 24.3 Å². The zero-order chi connectivity index (χ0) is 17.2. The van der Waals surface area contributed by atoms with Crippen molar-refractivity contribution in [2.45, 2.75) is 4.90 Å². The number of hydrogen-bond donors (Lipinski definition) is 1. The van der Waals surface area contributed by atoms with Gasteiger partial charge in [0.1, 0.15) is 11.3 Å². The van der Waals surface area contributed by atoms with Crippen molar-refractivity contribution in [3.05, 3.63) is 60.2 Å². The quantitative estimate of drug-likeness (QED) is 0.453. The van der Waals surface area contributed by atoms with Crippen molar-refractivity contribution in [1.29, 1.82) is 0 Å². The van der Waals surface area contributed by atoms with Crippen LogP contribution in [0.4, 0.5) is 0 Å². The van der Waals surface area contributed by atoms with E-state index in [4.69, 9.17) is 9.47 Å². The van der Waals surface area contributed by atoms with Crippen LogP contribution in [0.25, 0.3) is 0 Å². The molecule has 0 fully saturated rings. The number of esters is 1. The second-order valence-electron chi connectivity index (χ2n) is 4.79. The number of carbonyl (C=O) groups excluding carboxylic acids is 2. The first-order valence-corrected chi connectivity index (χ1v) is 8.44. The number of nitrogens with one attached hydrogen (secondary N) is 1. The maximum Gasteiger partial charge on any atom is 0.342 e. The minimum absolute atomic E-state index is 0.299. The van der Waals surface area contributed by atoms with E-state index in [9.17, 15) is 9.59 Å². The molecule has 0 saturated carbocycles. The molecule has 0 heterocycles. The van der Waals surface area contributed by atoms with Crippen LogP contribution in [0.5, 0.6) is 5.75 Å². The summed E-state index contributed by atoms with van der Waals surface area (Å²) >= 11 is 1.65. The molecule has 1 N–H and O–H groups in total. The molecule has 24 heavy (non-hydrogen) atoms. The van der Waals surface area contributed by atoms with Crippen LogP contribution < -0.4 is 10.1 Å². The molecule has 0 atom stereocenters. The Morgan fingerprint density at radius 2 is 1.75 bits per heavy atom. The molecular formula is C18H19NO4S. The summed E-state index contributed by atoms with van der Waals surface area (Å²) in [5.74, 6) is 0.256. The third-order valence-electron chi connectivity index (χ3n) is 3.10. The van der Waals surface area contributed by atoms with Gasteiger partial charge in [-0.2, -0.15) is 0 Å². The van der Waals surface area contributed by atoms with Crippen molar-refractivity contribution in [2.75, 3.05) is 26.0 Å². The Morgan fingerprint density at radius 3 is 2.50 bits per heavy atom. The van der Waals surface area contributed by atoms with Gasteiger partial charge in [0.15, 0.2) is 6.61 Å². The molecule has 0 aliphatic rings. The Kier molecular flexibility index (Phi) is 7.17. The van der Waals surface area contributed by atoms with Crippen LogP contribution in [0.3, 0.4) is 0 Å². The topological polar surface area (TPSA) is 64.6 Å². The van der Waals surface area contributed by atoms with E-state index in [0.717, 1.165) is 10.6 Å². The molecule has 126 valence electrons. The Hall–Kier alpha value is -2.47. The van der Waals surface area contributed by atoms with Gasteiger partial charge >= 0.3 is 5.97 Å². The summed E-state index contributed by atoms with van der Waals surface area (Å²) < 4.78 is 10.1. The Balaban J connectivity index is 1.68. The van der Waals surface area contributed by atoms with Crippen LogP contribution >= 0.6 is 11.8 Å². The highest BCUT2D eigenvalue weighted by Gasteiger charge is 2.14. The molecule has 2 rings (SSSR count). The van der Waals surface area contributed by atoms with Gasteiger partial charge in [-0.25, -0.2) is 4.79 Å². The first kappa shape index (κ1) is 17.9. The molecule has 5 nitrogen and oxygen atoms in total. The summed E-state index contributed by atoms with van der Waals surface area (Å²) in [5.41, 5.74) is 0.299. The minimum Gasteiger partial charge on any atom is -0.496 e. The minimum atomic E-state index is -0.582. The number of thioether (sulfide) groups is 1. The predicted octanol–water partition coefficient (Wildman–Crippen LogP) is 2.76. The van der Waals surface area contributed by atoms with Crippen LogP contribution in [-0.2, 0) is 9.53 Å². The van der Waals surface area contributed by atoms with Gasteiger partial charge < -0.3 is 14.8 Å². The smallest absolute Gasteiger partial charge is 0.342 e. The first-order chi connectivity index (χ1) is 11.7. The summed E-state index contributed by atoms with van der Waals surface area (Å²) in [6.07, 6.45) is 0. The molecule has 0 aliphatic heterocycles. The number of para-hydroxylation sites is 1. The summed E-state index contributed by atoms with van der Waals surface area (Å²) in [4.78, 5) is 24.8. The molecule has 0 unspecified atom stereocenters. The number of ether oxygens (including phenoxy) is 2. The van der Waals surface area contributed by atoms with E-state index in [-0.39, 0.29) is 12.5 Å². The Morgan fingerprint density at radius 1 is 1.04 bits per heavy atom. The van der Waals surface area contributed by atoms with E-state index in [1.165, 1.54) is 7.11 Å². The first-order valence-electron chi connectivity index (χ1n) is 7.45. The lowest BCUT2D eigenvalue weighted by Crippen LogP contribution is -2.30. The van der Waals surface area contributed by atoms with Crippen molar-refractivity contribution in [3.8, 4) is 5.75 Å². The van der Waals surface area contributed by atoms with E-state index >= 15 is 0 Å². The average molecular weight is 345 g/mol. The third-order valence-corrected chi connectivity index (χ3v) is 4.11. The molecular weight excluding hydrogens is 326 g/mol. The number of methoxy groups -OCH3 is 1. The summed E-state index contributed by atoms with van der Waals surface area (Å²) in [7, 11) is 1.48. The molecule has 0 aliphatic carbocycles. The monoisotopic (exact) mass is 345 g/mol. The standard InChI is InChI=1S/C18H19NO4S/c1-22-16-10-6-5-9-15(16)18(21)23-13-17(20)19-11-12-24-14-7-3-2-4-8-14/h2-10H,11-13H2,1H3,(H,19,20). The van der Waals surface area contributed by atoms with E-state index in [2.05, 4.69) is 5.32 Å². The van der Waals surface area contributed by atoms with Crippen LogP contribution in [0.15, 0.2) is 59.5 Å². The second kappa shape index (κ2) is 9.62. The lowest BCUT2D eigenvalue weighted by atomic mass is 10.2. The van der Waals surface area contributed by atoms with E-state index in [0.29, 0.717) is 17.9 Å². The molecule has 0 radical (unpaired) electrons. The molecule has 0 bridgehead atoms. The van der Waals surface area contributed by atoms with Crippen molar-refractivity contribution < 1.29 is 19.1 Å². The van der Waals surface area contributed by atoms with E-state index in [1.54, 1.807) is 36.0 Å². The van der Waals surface area contributed by atoms with Gasteiger partial charge in [0.25, 0.3) is 5.91 Å². The normalized spacial score (nSPS) is 10.0. The molecule has 0 spiro atoms. The van der Waals surface area contributed by atoms with Gasteiger partial charge in [-0.3, -0.25) is 4.79 Å². The molecule has 0 aromatic heterocycles. The zero-order valence-electron chi connectivity index (χ0n) is 13.4. The number of hydrogen-bond acceptors (Lipinski definition) is 5. The lowest BCUT2D eigenvalue weighted by Gasteiger charge is -2.09. The van der Waals surface area contributed by atoms with E-state index < -0.39 is 5.97 Å². The lowest BCUT2D eigenvalue weighted by molar-refractivity contribution is -0.124. The molecule has 2 aromatic rings. The highest BCUT2D eigenvalue weighted by Crippen LogP contribution is 2.18. The highest BCUT2D eigenvalue weighted by atomic mass is 32.2. The fraction of sp³-hybridized carbons (Fsp3) is 0.222.